The van der Waals surface area contributed by atoms with Gasteiger partial charge in [-0.3, -0.25) is 0 Å². The summed E-state index contributed by atoms with van der Waals surface area (Å²) in [6.45, 7) is 6.64. The van der Waals surface area contributed by atoms with Gasteiger partial charge in [-0.25, -0.2) is 0 Å². The maximum absolute atomic E-state index is 5.23. The molecule has 2 nitrogen and oxygen atoms in total. The van der Waals surface area contributed by atoms with Gasteiger partial charge in [0.15, 0.2) is 0 Å². The Morgan fingerprint density at radius 1 is 0.944 bits per heavy atom. The van der Waals surface area contributed by atoms with Crippen LogP contribution in [0.1, 0.15) is 13.8 Å². The third kappa shape index (κ3) is 4.04. The van der Waals surface area contributed by atoms with Crippen LogP contribution in [0.2, 0.25) is 0 Å². The molecule has 0 spiro atoms. The molecule has 0 saturated heterocycles. The smallest absolute Gasteiger partial charge is 0.126 e. The molecule has 2 aromatic carbocycles. The molecule has 0 unspecified atom stereocenters. The van der Waals surface area contributed by atoms with Crippen LogP contribution in [0, 0.1) is 0 Å². The fraction of sp³-hybridized carbons (Fsp3) is 0.375. The molecule has 98 valence electrons. The second-order valence-corrected chi connectivity index (χ2v) is 4.17. The highest BCUT2D eigenvalue weighted by atomic mass is 16.5. The van der Waals surface area contributed by atoms with Gasteiger partial charge in [-0.1, -0.05) is 50.2 Å². The maximum Gasteiger partial charge on any atom is 0.126 e. The lowest BCUT2D eigenvalue weighted by Crippen LogP contribution is -2.15. The second-order valence-electron chi connectivity index (χ2n) is 4.17. The molecule has 0 bridgehead atoms. The summed E-state index contributed by atoms with van der Waals surface area (Å²) in [5.41, 5.74) is 0. The highest BCUT2D eigenvalue weighted by Gasteiger charge is 1.97. The fourth-order valence-corrected chi connectivity index (χ4v) is 1.60. The summed E-state index contributed by atoms with van der Waals surface area (Å²) >= 11 is 0. The number of benzene rings is 2. The Morgan fingerprint density at radius 2 is 1.56 bits per heavy atom. The van der Waals surface area contributed by atoms with E-state index in [1.54, 1.807) is 7.11 Å². The van der Waals surface area contributed by atoms with Crippen molar-refractivity contribution >= 4 is 10.8 Å². The third-order valence-electron chi connectivity index (χ3n) is 3.05. The number of ether oxygens (including phenoxy) is 1. The summed E-state index contributed by atoms with van der Waals surface area (Å²) in [6.07, 6.45) is 0. The van der Waals surface area contributed by atoms with Crippen molar-refractivity contribution in [3.05, 3.63) is 42.5 Å². The minimum Gasteiger partial charge on any atom is -0.496 e. The summed E-state index contributed by atoms with van der Waals surface area (Å²) in [5, 5.41) is 2.39. The predicted octanol–water partition coefficient (Wildman–Crippen LogP) is 3.81. The van der Waals surface area contributed by atoms with Crippen molar-refractivity contribution < 1.29 is 4.74 Å². The van der Waals surface area contributed by atoms with E-state index in [2.05, 4.69) is 44.0 Å². The first-order chi connectivity index (χ1) is 8.72. The molecule has 2 aromatic rings. The van der Waals surface area contributed by atoms with Crippen molar-refractivity contribution in [3.63, 3.8) is 0 Å². The van der Waals surface area contributed by atoms with Gasteiger partial charge in [0.1, 0.15) is 5.75 Å². The van der Waals surface area contributed by atoms with Gasteiger partial charge in [0.05, 0.1) is 7.11 Å². The lowest BCUT2D eigenvalue weighted by molar-refractivity contribution is 0.373. The molecule has 2 rings (SSSR count). The minimum atomic E-state index is 0.938. The SMILES string of the molecule is CCN(C)CC.COc1cccc2ccccc12. The summed E-state index contributed by atoms with van der Waals surface area (Å²) in [6, 6.07) is 14.2. The van der Waals surface area contributed by atoms with Gasteiger partial charge >= 0.3 is 0 Å². The zero-order valence-corrected chi connectivity index (χ0v) is 11.8. The molecule has 0 fully saturated rings. The number of hydrogen-bond donors (Lipinski definition) is 0. The van der Waals surface area contributed by atoms with Crippen molar-refractivity contribution in [3.8, 4) is 5.75 Å². The Labute approximate surface area is 110 Å². The Hall–Kier alpha value is -1.54. The quantitative estimate of drug-likeness (QED) is 0.815. The van der Waals surface area contributed by atoms with Gasteiger partial charge in [0, 0.05) is 5.39 Å². The number of fused-ring (bicyclic) bond motifs is 1. The number of methoxy groups -OCH3 is 1. The monoisotopic (exact) mass is 245 g/mol. The molecule has 18 heavy (non-hydrogen) atoms. The van der Waals surface area contributed by atoms with Crippen LogP contribution in [0.25, 0.3) is 10.8 Å². The van der Waals surface area contributed by atoms with Crippen molar-refractivity contribution in [2.75, 3.05) is 27.2 Å². The molecule has 0 atom stereocenters. The molecule has 0 aliphatic heterocycles. The van der Waals surface area contributed by atoms with E-state index in [0.717, 1.165) is 18.8 Å². The van der Waals surface area contributed by atoms with E-state index in [1.807, 2.05) is 24.3 Å². The van der Waals surface area contributed by atoms with Crippen LogP contribution < -0.4 is 4.74 Å². The zero-order chi connectivity index (χ0) is 13.4. The van der Waals surface area contributed by atoms with Crippen molar-refractivity contribution in [1.29, 1.82) is 0 Å². The van der Waals surface area contributed by atoms with Gasteiger partial charge in [0.2, 0.25) is 0 Å². The van der Waals surface area contributed by atoms with Gasteiger partial charge in [0.25, 0.3) is 0 Å². The molecule has 0 N–H and O–H groups in total. The fourth-order valence-electron chi connectivity index (χ4n) is 1.60. The number of rotatable bonds is 3. The molecular formula is C16H23NO. The van der Waals surface area contributed by atoms with Crippen LogP contribution in [-0.2, 0) is 0 Å². The van der Waals surface area contributed by atoms with E-state index < -0.39 is 0 Å². The van der Waals surface area contributed by atoms with E-state index in [0.29, 0.717) is 0 Å². The Balaban J connectivity index is 0.000000232. The van der Waals surface area contributed by atoms with Crippen molar-refractivity contribution in [1.82, 2.24) is 4.90 Å². The topological polar surface area (TPSA) is 12.5 Å². The first-order valence-electron chi connectivity index (χ1n) is 6.43. The lowest BCUT2D eigenvalue weighted by Gasteiger charge is -2.07. The summed E-state index contributed by atoms with van der Waals surface area (Å²) in [4.78, 5) is 2.25. The first kappa shape index (κ1) is 14.5. The third-order valence-corrected chi connectivity index (χ3v) is 3.05. The molecular weight excluding hydrogens is 222 g/mol. The largest absolute Gasteiger partial charge is 0.496 e. The van der Waals surface area contributed by atoms with Crippen LogP contribution >= 0.6 is 0 Å². The van der Waals surface area contributed by atoms with E-state index in [9.17, 15) is 0 Å². The van der Waals surface area contributed by atoms with Gasteiger partial charge < -0.3 is 9.64 Å². The maximum atomic E-state index is 5.23. The van der Waals surface area contributed by atoms with Gasteiger partial charge in [-0.15, -0.1) is 0 Å². The summed E-state index contributed by atoms with van der Waals surface area (Å²) in [7, 11) is 3.81. The Bertz CT molecular complexity index is 458. The van der Waals surface area contributed by atoms with Crippen LogP contribution in [0.15, 0.2) is 42.5 Å². The predicted molar refractivity (Wildman–Crippen MR) is 79.3 cm³/mol. The lowest BCUT2D eigenvalue weighted by atomic mass is 10.1. The molecule has 0 radical (unpaired) electrons. The molecule has 0 aromatic heterocycles. The van der Waals surface area contributed by atoms with E-state index in [1.165, 1.54) is 10.8 Å². The van der Waals surface area contributed by atoms with E-state index in [-0.39, 0.29) is 0 Å². The average Bonchev–Trinajstić information content (AvgIpc) is 2.46. The summed E-state index contributed by atoms with van der Waals surface area (Å²) < 4.78 is 5.23. The normalized spacial score (nSPS) is 10.1. The molecule has 0 heterocycles. The molecule has 0 aliphatic rings. The minimum absolute atomic E-state index is 0.938. The number of nitrogens with zero attached hydrogens (tertiary/aromatic N) is 1. The van der Waals surface area contributed by atoms with Crippen LogP contribution in [-0.4, -0.2) is 32.1 Å². The van der Waals surface area contributed by atoms with Gasteiger partial charge in [-0.2, -0.15) is 0 Å². The molecule has 2 heteroatoms. The number of hydrogen-bond acceptors (Lipinski definition) is 2. The van der Waals surface area contributed by atoms with Crippen LogP contribution in [0.4, 0.5) is 0 Å². The highest BCUT2D eigenvalue weighted by molar-refractivity contribution is 5.88. The van der Waals surface area contributed by atoms with Crippen LogP contribution in [0.5, 0.6) is 5.75 Å². The first-order valence-corrected chi connectivity index (χ1v) is 6.43. The van der Waals surface area contributed by atoms with Crippen molar-refractivity contribution in [2.45, 2.75) is 13.8 Å². The molecule has 0 saturated carbocycles. The standard InChI is InChI=1S/C11H10O.C5H13N/c1-12-11-8-4-6-9-5-2-3-7-10(9)11;1-4-6(3)5-2/h2-8H,1H3;4-5H2,1-3H3. The highest BCUT2D eigenvalue weighted by Crippen LogP contribution is 2.24. The van der Waals surface area contributed by atoms with E-state index in [4.69, 9.17) is 4.74 Å². The van der Waals surface area contributed by atoms with E-state index >= 15 is 0 Å². The molecule has 0 amide bonds. The summed E-state index contributed by atoms with van der Waals surface area (Å²) in [5.74, 6) is 0.938. The van der Waals surface area contributed by atoms with Gasteiger partial charge in [-0.05, 0) is 31.6 Å². The van der Waals surface area contributed by atoms with Crippen molar-refractivity contribution in [2.24, 2.45) is 0 Å². The molecule has 0 aliphatic carbocycles. The Kier molecular flexibility index (Phi) is 6.23. The average molecular weight is 245 g/mol. The van der Waals surface area contributed by atoms with Crippen LogP contribution in [0.3, 0.4) is 0 Å². The Morgan fingerprint density at radius 3 is 2.11 bits per heavy atom. The second kappa shape index (κ2) is 7.72. The zero-order valence-electron chi connectivity index (χ0n) is 11.8.